The van der Waals surface area contributed by atoms with Crippen LogP contribution in [0.2, 0.25) is 0 Å². The molecule has 0 bridgehead atoms. The Balaban J connectivity index is 1.73. The average molecular weight is 265 g/mol. The lowest BCUT2D eigenvalue weighted by Crippen LogP contribution is -2.51. The molecule has 2 aliphatic heterocycles. The molecule has 2 aliphatic rings. The van der Waals surface area contributed by atoms with Gasteiger partial charge in [-0.15, -0.1) is 0 Å². The normalized spacial score (nSPS) is 26.0. The molecule has 0 aliphatic carbocycles. The highest BCUT2D eigenvalue weighted by Crippen LogP contribution is 2.16. The second kappa shape index (κ2) is 6.76. The van der Waals surface area contributed by atoms with Gasteiger partial charge in [-0.1, -0.05) is 27.7 Å². The van der Waals surface area contributed by atoms with Gasteiger partial charge in [-0.3, -0.25) is 4.90 Å². The zero-order valence-electron chi connectivity index (χ0n) is 13.2. The van der Waals surface area contributed by atoms with Gasteiger partial charge in [0.15, 0.2) is 0 Å². The second-order valence-electron chi connectivity index (χ2n) is 6.99. The minimum atomic E-state index is 0.653. The standard InChI is InChI=1S/C16H31N3/c1-14(2)11-17-7-9-19(10-8-17)16-5-6-18(13-16)12-15(3)4/h5-6,14-16H,7-13H2,1-4H3/t16-/m0/s1. The zero-order chi connectivity index (χ0) is 13.8. The van der Waals surface area contributed by atoms with Crippen LogP contribution in [0.1, 0.15) is 27.7 Å². The van der Waals surface area contributed by atoms with Gasteiger partial charge in [0, 0.05) is 51.9 Å². The van der Waals surface area contributed by atoms with Crippen molar-refractivity contribution >= 4 is 0 Å². The third-order valence-corrected chi connectivity index (χ3v) is 4.04. The van der Waals surface area contributed by atoms with Crippen LogP contribution in [0.3, 0.4) is 0 Å². The van der Waals surface area contributed by atoms with Gasteiger partial charge in [-0.05, 0) is 24.1 Å². The summed E-state index contributed by atoms with van der Waals surface area (Å²) in [6.45, 7) is 17.8. The molecule has 0 aromatic carbocycles. The van der Waals surface area contributed by atoms with E-state index in [9.17, 15) is 0 Å². The predicted octanol–water partition coefficient (Wildman–Crippen LogP) is 2.11. The first-order valence-electron chi connectivity index (χ1n) is 7.93. The van der Waals surface area contributed by atoms with Crippen LogP contribution in [-0.2, 0) is 0 Å². The summed E-state index contributed by atoms with van der Waals surface area (Å²) in [5, 5.41) is 0. The Bertz CT molecular complexity index is 290. The van der Waals surface area contributed by atoms with Crippen LogP contribution in [0.4, 0.5) is 0 Å². The highest BCUT2D eigenvalue weighted by Gasteiger charge is 2.26. The highest BCUT2D eigenvalue weighted by atomic mass is 15.3. The van der Waals surface area contributed by atoms with Crippen LogP contribution in [0, 0.1) is 11.8 Å². The summed E-state index contributed by atoms with van der Waals surface area (Å²) in [6.07, 6.45) is 4.71. The molecule has 0 radical (unpaired) electrons. The molecule has 0 unspecified atom stereocenters. The van der Waals surface area contributed by atoms with Crippen molar-refractivity contribution in [3.63, 3.8) is 0 Å². The van der Waals surface area contributed by atoms with Crippen molar-refractivity contribution in [2.45, 2.75) is 33.7 Å². The first kappa shape index (κ1) is 14.9. The van der Waals surface area contributed by atoms with Gasteiger partial charge < -0.3 is 9.80 Å². The molecule has 1 saturated heterocycles. The lowest BCUT2D eigenvalue weighted by molar-refractivity contribution is 0.0983. The van der Waals surface area contributed by atoms with Gasteiger partial charge >= 0.3 is 0 Å². The fourth-order valence-electron chi connectivity index (χ4n) is 3.22. The van der Waals surface area contributed by atoms with Crippen molar-refractivity contribution in [1.82, 2.24) is 14.7 Å². The van der Waals surface area contributed by atoms with Gasteiger partial charge in [0.1, 0.15) is 0 Å². The molecule has 0 amide bonds. The molecule has 2 heterocycles. The van der Waals surface area contributed by atoms with Crippen molar-refractivity contribution in [3.05, 3.63) is 12.3 Å². The molecular formula is C16H31N3. The van der Waals surface area contributed by atoms with E-state index in [0.717, 1.165) is 11.8 Å². The third-order valence-electron chi connectivity index (χ3n) is 4.04. The van der Waals surface area contributed by atoms with Gasteiger partial charge in [-0.2, -0.15) is 0 Å². The third kappa shape index (κ3) is 4.50. The maximum Gasteiger partial charge on any atom is 0.0471 e. The highest BCUT2D eigenvalue weighted by molar-refractivity contribution is 5.04. The summed E-state index contributed by atoms with van der Waals surface area (Å²) >= 11 is 0. The molecule has 3 nitrogen and oxygen atoms in total. The molecule has 0 aromatic rings. The topological polar surface area (TPSA) is 9.72 Å². The first-order chi connectivity index (χ1) is 9.04. The van der Waals surface area contributed by atoms with Crippen LogP contribution in [0.5, 0.6) is 0 Å². The van der Waals surface area contributed by atoms with Crippen molar-refractivity contribution in [2.75, 3.05) is 45.8 Å². The Morgan fingerprint density at radius 2 is 1.58 bits per heavy atom. The van der Waals surface area contributed by atoms with Crippen molar-refractivity contribution < 1.29 is 0 Å². The molecule has 1 atom stereocenters. The van der Waals surface area contributed by atoms with E-state index in [1.807, 2.05) is 0 Å². The van der Waals surface area contributed by atoms with E-state index in [-0.39, 0.29) is 0 Å². The van der Waals surface area contributed by atoms with E-state index < -0.39 is 0 Å². The van der Waals surface area contributed by atoms with Crippen LogP contribution >= 0.6 is 0 Å². The van der Waals surface area contributed by atoms with E-state index in [1.54, 1.807) is 0 Å². The number of piperazine rings is 1. The van der Waals surface area contributed by atoms with Crippen molar-refractivity contribution in [3.8, 4) is 0 Å². The molecule has 0 N–H and O–H groups in total. The molecule has 0 saturated carbocycles. The van der Waals surface area contributed by atoms with E-state index >= 15 is 0 Å². The van der Waals surface area contributed by atoms with Crippen LogP contribution in [0.15, 0.2) is 12.3 Å². The largest absolute Gasteiger partial charge is 0.375 e. The fourth-order valence-corrected chi connectivity index (χ4v) is 3.22. The predicted molar refractivity (Wildman–Crippen MR) is 82.2 cm³/mol. The van der Waals surface area contributed by atoms with E-state index in [0.29, 0.717) is 6.04 Å². The quantitative estimate of drug-likeness (QED) is 0.754. The molecule has 1 fully saturated rings. The summed E-state index contributed by atoms with van der Waals surface area (Å²) in [6, 6.07) is 0.653. The number of rotatable bonds is 5. The Morgan fingerprint density at radius 1 is 0.947 bits per heavy atom. The van der Waals surface area contributed by atoms with E-state index in [1.165, 1.54) is 45.8 Å². The van der Waals surface area contributed by atoms with Crippen molar-refractivity contribution in [2.24, 2.45) is 11.8 Å². The Hall–Kier alpha value is -0.540. The SMILES string of the molecule is CC(C)CN1C=C[C@H](N2CCN(CC(C)C)CC2)C1. The Kier molecular flexibility index (Phi) is 5.28. The molecule has 19 heavy (non-hydrogen) atoms. The summed E-state index contributed by atoms with van der Waals surface area (Å²) in [5.74, 6) is 1.55. The minimum Gasteiger partial charge on any atom is -0.375 e. The summed E-state index contributed by atoms with van der Waals surface area (Å²) < 4.78 is 0. The Morgan fingerprint density at radius 3 is 2.16 bits per heavy atom. The second-order valence-corrected chi connectivity index (χ2v) is 6.99. The first-order valence-corrected chi connectivity index (χ1v) is 7.93. The summed E-state index contributed by atoms with van der Waals surface area (Å²) in [7, 11) is 0. The maximum atomic E-state index is 2.66. The van der Waals surface area contributed by atoms with Crippen LogP contribution < -0.4 is 0 Å². The van der Waals surface area contributed by atoms with Gasteiger partial charge in [0.25, 0.3) is 0 Å². The fraction of sp³-hybridized carbons (Fsp3) is 0.875. The lowest BCUT2D eigenvalue weighted by atomic mass is 10.1. The van der Waals surface area contributed by atoms with Gasteiger partial charge in [-0.25, -0.2) is 0 Å². The lowest BCUT2D eigenvalue weighted by Gasteiger charge is -2.38. The molecule has 2 rings (SSSR count). The molecule has 110 valence electrons. The monoisotopic (exact) mass is 265 g/mol. The van der Waals surface area contributed by atoms with Gasteiger partial charge in [0.2, 0.25) is 0 Å². The molecule has 0 spiro atoms. The minimum absolute atomic E-state index is 0.653. The maximum absolute atomic E-state index is 2.66. The number of hydrogen-bond acceptors (Lipinski definition) is 3. The molecule has 0 aromatic heterocycles. The molecular weight excluding hydrogens is 234 g/mol. The smallest absolute Gasteiger partial charge is 0.0471 e. The summed E-state index contributed by atoms with van der Waals surface area (Å²) in [5.41, 5.74) is 0. The number of hydrogen-bond donors (Lipinski definition) is 0. The van der Waals surface area contributed by atoms with Gasteiger partial charge in [0.05, 0.1) is 0 Å². The zero-order valence-corrected chi connectivity index (χ0v) is 13.2. The van der Waals surface area contributed by atoms with E-state index in [2.05, 4.69) is 54.7 Å². The molecule has 3 heteroatoms. The summed E-state index contributed by atoms with van der Waals surface area (Å²) in [4.78, 5) is 7.76. The Labute approximate surface area is 119 Å². The van der Waals surface area contributed by atoms with Crippen LogP contribution in [-0.4, -0.2) is 66.6 Å². The van der Waals surface area contributed by atoms with E-state index in [4.69, 9.17) is 0 Å². The number of nitrogens with zero attached hydrogens (tertiary/aromatic N) is 3. The van der Waals surface area contributed by atoms with Crippen molar-refractivity contribution in [1.29, 1.82) is 0 Å². The average Bonchev–Trinajstić information content (AvgIpc) is 2.76. The van der Waals surface area contributed by atoms with Crippen LogP contribution in [0.25, 0.3) is 0 Å².